The Morgan fingerprint density at radius 2 is 0.364 bits per heavy atom. The summed E-state index contributed by atoms with van der Waals surface area (Å²) < 4.78 is 0. The summed E-state index contributed by atoms with van der Waals surface area (Å²) in [6.45, 7) is 0. The van der Waals surface area contributed by atoms with Gasteiger partial charge in [0.15, 0.2) is 0 Å². The molecule has 0 N–H and O–H groups in total. The molecule has 0 unspecified atom stereocenters. The van der Waals surface area contributed by atoms with Crippen molar-refractivity contribution >= 4 is 0 Å². The van der Waals surface area contributed by atoms with Crippen LogP contribution in [0.5, 0.6) is 0 Å². The predicted octanol–water partition coefficient (Wildman–Crippen LogP) is -7.49. The molecule has 18 nitrogen and oxygen atoms in total. The SMILES string of the molecule is O=N[O-].O=N[O-].O=N[O-].O=N[O-].O=N[O-].O=N[O-].[Co+3].[K+].[K+].[K+]. The molecule has 0 saturated heterocycles. The molecule has 0 bridgehead atoms. The molecule has 0 saturated carbocycles. The average Bonchev–Trinajstić information content (AvgIpc) is 2.23. The topological polar surface area (TPSA) is 315 Å². The Morgan fingerprint density at radius 3 is 0.364 bits per heavy atom. The Kier molecular flexibility index (Phi) is 525. The van der Waals surface area contributed by atoms with E-state index in [0.717, 1.165) is 32.0 Å². The van der Waals surface area contributed by atoms with Gasteiger partial charge in [-0.1, -0.05) is 0 Å². The number of hydrogen-bond acceptors (Lipinski definition) is 18. The van der Waals surface area contributed by atoms with Gasteiger partial charge in [0.2, 0.25) is 0 Å². The van der Waals surface area contributed by atoms with E-state index in [2.05, 4.69) is 0 Å². The van der Waals surface area contributed by atoms with E-state index in [-0.39, 0.29) is 171 Å². The molecule has 22 heteroatoms. The Hall–Kier alpha value is 1.82. The van der Waals surface area contributed by atoms with Crippen LogP contribution < -0.4 is 154 Å². The van der Waals surface area contributed by atoms with Gasteiger partial charge in [0.1, 0.15) is 0 Å². The first kappa shape index (κ1) is 65.0. The molecule has 0 amide bonds. The first-order chi connectivity index (χ1) is 8.49. The standard InChI is InChI=1S/Co.3K.6HNO2/c;;;;6*2-1-3/h;;;;6*(H,2,3)/q+3;3*+1;;;;;;/p-6. The van der Waals surface area contributed by atoms with E-state index in [9.17, 15) is 0 Å². The van der Waals surface area contributed by atoms with E-state index in [1.54, 1.807) is 0 Å². The summed E-state index contributed by atoms with van der Waals surface area (Å²) in [7, 11) is 0. The third-order valence-electron chi connectivity index (χ3n) is 0. The van der Waals surface area contributed by atoms with E-state index in [1.807, 2.05) is 0 Å². The molecule has 0 radical (unpaired) electrons. The molecule has 0 heterocycles. The maximum atomic E-state index is 8.00. The molecular weight excluding hydrogens is 452 g/mol. The van der Waals surface area contributed by atoms with Crippen LogP contribution in [0.25, 0.3) is 0 Å². The normalized spacial score (nSPS) is 3.27. The van der Waals surface area contributed by atoms with Gasteiger partial charge in [0.05, 0.1) is 0 Å². The van der Waals surface area contributed by atoms with Crippen LogP contribution in [0.4, 0.5) is 0 Å². The molecule has 0 aliphatic carbocycles. The van der Waals surface area contributed by atoms with Crippen molar-refractivity contribution in [3.8, 4) is 0 Å². The molecule has 22 heavy (non-hydrogen) atoms. The Labute approximate surface area is 257 Å². The number of hydrogen-bond donors (Lipinski definition) is 0. The van der Waals surface area contributed by atoms with E-state index in [1.165, 1.54) is 0 Å². The summed E-state index contributed by atoms with van der Waals surface area (Å²) in [5, 5.41) is 54.0. The molecular formula is CoK3N6O12. The minimum atomic E-state index is 0. The summed E-state index contributed by atoms with van der Waals surface area (Å²) in [5.74, 6) is 0. The van der Waals surface area contributed by atoms with Crippen molar-refractivity contribution in [3.05, 3.63) is 60.7 Å². The summed E-state index contributed by atoms with van der Waals surface area (Å²) in [4.78, 5) is 48.0. The van der Waals surface area contributed by atoms with Crippen LogP contribution >= 0.6 is 0 Å². The summed E-state index contributed by atoms with van der Waals surface area (Å²) in [6, 6.07) is 0. The van der Waals surface area contributed by atoms with Gasteiger partial charge < -0.3 is 60.7 Å². The fraction of sp³-hybridized carbons (Fsp3) is 0. The molecule has 0 fully saturated rings. The summed E-state index contributed by atoms with van der Waals surface area (Å²) in [6.07, 6.45) is 0. The molecule has 0 aliphatic heterocycles. The van der Waals surface area contributed by atoms with Gasteiger partial charge in [-0.2, -0.15) is 0 Å². The quantitative estimate of drug-likeness (QED) is 0.188. The molecule has 0 atom stereocenters. The van der Waals surface area contributed by atoms with Crippen LogP contribution in [-0.4, -0.2) is 0 Å². The van der Waals surface area contributed by atoms with Gasteiger partial charge in [0.25, 0.3) is 0 Å². The van der Waals surface area contributed by atoms with Crippen molar-refractivity contribution < 1.29 is 171 Å². The molecule has 0 aromatic carbocycles. The van der Waals surface area contributed by atoms with Crippen molar-refractivity contribution in [3.63, 3.8) is 0 Å². The van der Waals surface area contributed by atoms with Crippen LogP contribution in [0.3, 0.4) is 0 Å². The van der Waals surface area contributed by atoms with E-state index in [4.69, 9.17) is 60.7 Å². The maximum Gasteiger partial charge on any atom is 3.00 e. The third-order valence-corrected chi connectivity index (χ3v) is 0. The van der Waals surface area contributed by atoms with Gasteiger partial charge in [-0.15, -0.1) is 32.0 Å². The van der Waals surface area contributed by atoms with Crippen molar-refractivity contribution in [1.29, 1.82) is 0 Å². The second kappa shape index (κ2) is 178. The molecule has 0 aromatic heterocycles. The first-order valence-electron chi connectivity index (χ1n) is 2.19. The second-order valence-electron chi connectivity index (χ2n) is 0.447. The van der Waals surface area contributed by atoms with Crippen LogP contribution in [0.2, 0.25) is 0 Å². The minimum Gasteiger partial charge on any atom is -0.444 e. The Bertz CT molecular complexity index is 126. The van der Waals surface area contributed by atoms with Crippen LogP contribution in [-0.2, 0) is 16.8 Å². The molecule has 0 spiro atoms. The van der Waals surface area contributed by atoms with Crippen molar-refractivity contribution in [2.45, 2.75) is 0 Å². The van der Waals surface area contributed by atoms with Crippen molar-refractivity contribution in [2.24, 2.45) is 32.0 Å². The monoisotopic (exact) mass is 452 g/mol. The predicted molar refractivity (Wildman–Crippen MR) is 55.0 cm³/mol. The summed E-state index contributed by atoms with van der Waals surface area (Å²) >= 11 is 0. The van der Waals surface area contributed by atoms with E-state index in [0.29, 0.717) is 0 Å². The van der Waals surface area contributed by atoms with Crippen LogP contribution in [0, 0.1) is 60.7 Å². The first-order valence-corrected chi connectivity index (χ1v) is 2.19. The third kappa shape index (κ3) is 2870. The fourth-order valence-electron chi connectivity index (χ4n) is 0. The zero-order chi connectivity index (χ0) is 16.2. The van der Waals surface area contributed by atoms with Crippen LogP contribution in [0.15, 0.2) is 32.0 Å². The zero-order valence-electron chi connectivity index (χ0n) is 10.9. The van der Waals surface area contributed by atoms with Gasteiger partial charge in [-0.25, -0.2) is 0 Å². The van der Waals surface area contributed by atoms with Crippen molar-refractivity contribution in [1.82, 2.24) is 0 Å². The van der Waals surface area contributed by atoms with Gasteiger partial charge in [-0.3, -0.25) is 0 Å². The second-order valence-corrected chi connectivity index (χ2v) is 0.447. The largest absolute Gasteiger partial charge is 3.00 e. The van der Waals surface area contributed by atoms with E-state index < -0.39 is 0 Å². The number of rotatable bonds is 0. The smallest absolute Gasteiger partial charge is 0.444 e. The van der Waals surface area contributed by atoms with Gasteiger partial charge in [0, 0.05) is 0 Å². The summed E-state index contributed by atoms with van der Waals surface area (Å²) in [5.41, 5.74) is 0. The molecule has 114 valence electrons. The Balaban J connectivity index is -0.00000000947. The zero-order valence-corrected chi connectivity index (χ0v) is 21.3. The van der Waals surface area contributed by atoms with Gasteiger partial charge >= 0.3 is 171 Å². The molecule has 0 rings (SSSR count). The average molecular weight is 452 g/mol. The maximum absolute atomic E-state index is 8.00. The molecule has 0 aliphatic rings. The number of nitrogens with zero attached hydrogens (tertiary/aromatic N) is 6. The van der Waals surface area contributed by atoms with Crippen molar-refractivity contribution in [2.75, 3.05) is 0 Å². The van der Waals surface area contributed by atoms with E-state index >= 15 is 0 Å². The Morgan fingerprint density at radius 1 is 0.364 bits per heavy atom. The van der Waals surface area contributed by atoms with Crippen LogP contribution in [0.1, 0.15) is 0 Å². The molecule has 0 aromatic rings. The minimum absolute atomic E-state index is 0. The van der Waals surface area contributed by atoms with Gasteiger partial charge in [-0.05, 0) is 0 Å². The fourth-order valence-corrected chi connectivity index (χ4v) is 0.